The number of hydrogen-bond donors (Lipinski definition) is 1. The van der Waals surface area contributed by atoms with Crippen molar-refractivity contribution in [1.29, 1.82) is 0 Å². The minimum absolute atomic E-state index is 0.152. The summed E-state index contributed by atoms with van der Waals surface area (Å²) in [5, 5.41) is 9.77. The minimum atomic E-state index is -1.04. The van der Waals surface area contributed by atoms with E-state index in [-0.39, 0.29) is 6.61 Å². The van der Waals surface area contributed by atoms with E-state index in [2.05, 4.69) is 0 Å². The van der Waals surface area contributed by atoms with Crippen molar-refractivity contribution in [3.05, 3.63) is 63.6 Å². The standard InChI is InChI=1S/C17H14Cl2O4/c1-22-12-7-5-11(6-8-17(20)21)16(9-12)23-10-13-14(18)3-2-4-15(13)19/h2-9H,10H2,1H3,(H,20,21). The van der Waals surface area contributed by atoms with Crippen molar-refractivity contribution < 1.29 is 19.4 Å². The number of aliphatic carboxylic acids is 1. The summed E-state index contributed by atoms with van der Waals surface area (Å²) in [6.45, 7) is 0.152. The van der Waals surface area contributed by atoms with E-state index in [0.717, 1.165) is 6.08 Å². The lowest BCUT2D eigenvalue weighted by Gasteiger charge is -2.13. The van der Waals surface area contributed by atoms with Crippen LogP contribution in [0.2, 0.25) is 10.0 Å². The number of halogens is 2. The minimum Gasteiger partial charge on any atom is -0.497 e. The third-order valence-electron chi connectivity index (χ3n) is 3.06. The zero-order valence-electron chi connectivity index (χ0n) is 12.3. The summed E-state index contributed by atoms with van der Waals surface area (Å²) in [6, 6.07) is 10.3. The molecule has 0 radical (unpaired) electrons. The van der Waals surface area contributed by atoms with Gasteiger partial charge in [-0.3, -0.25) is 0 Å². The Balaban J connectivity index is 2.28. The Morgan fingerprint density at radius 3 is 2.52 bits per heavy atom. The van der Waals surface area contributed by atoms with E-state index in [9.17, 15) is 4.79 Å². The molecule has 0 unspecified atom stereocenters. The monoisotopic (exact) mass is 352 g/mol. The third-order valence-corrected chi connectivity index (χ3v) is 3.77. The van der Waals surface area contributed by atoms with Crippen molar-refractivity contribution in [3.63, 3.8) is 0 Å². The lowest BCUT2D eigenvalue weighted by atomic mass is 10.1. The number of ether oxygens (including phenoxy) is 2. The third kappa shape index (κ3) is 4.65. The smallest absolute Gasteiger partial charge is 0.328 e. The van der Waals surface area contributed by atoms with Crippen molar-refractivity contribution in [2.45, 2.75) is 6.61 Å². The van der Waals surface area contributed by atoms with Gasteiger partial charge in [0.25, 0.3) is 0 Å². The maximum Gasteiger partial charge on any atom is 0.328 e. The molecule has 0 bridgehead atoms. The van der Waals surface area contributed by atoms with Crippen LogP contribution < -0.4 is 9.47 Å². The summed E-state index contributed by atoms with van der Waals surface area (Å²) in [6.07, 6.45) is 2.49. The van der Waals surface area contributed by atoms with Gasteiger partial charge >= 0.3 is 5.97 Å². The van der Waals surface area contributed by atoms with Gasteiger partial charge in [0.1, 0.15) is 18.1 Å². The van der Waals surface area contributed by atoms with Gasteiger partial charge in [-0.05, 0) is 30.3 Å². The lowest BCUT2D eigenvalue weighted by Crippen LogP contribution is -1.99. The maximum atomic E-state index is 10.7. The van der Waals surface area contributed by atoms with E-state index in [0.29, 0.717) is 32.7 Å². The summed E-state index contributed by atoms with van der Waals surface area (Å²) >= 11 is 12.2. The van der Waals surface area contributed by atoms with Crippen molar-refractivity contribution in [2.75, 3.05) is 7.11 Å². The molecule has 0 aliphatic carbocycles. The van der Waals surface area contributed by atoms with Crippen molar-refractivity contribution >= 4 is 35.2 Å². The number of benzene rings is 2. The van der Waals surface area contributed by atoms with Crippen LogP contribution in [-0.4, -0.2) is 18.2 Å². The molecular weight excluding hydrogens is 339 g/mol. The number of methoxy groups -OCH3 is 1. The molecule has 0 atom stereocenters. The Morgan fingerprint density at radius 1 is 1.22 bits per heavy atom. The molecular formula is C17H14Cl2O4. The molecule has 0 aliphatic heterocycles. The molecule has 0 aliphatic rings. The molecule has 23 heavy (non-hydrogen) atoms. The zero-order valence-corrected chi connectivity index (χ0v) is 13.8. The number of carbonyl (C=O) groups is 1. The molecule has 0 spiro atoms. The quantitative estimate of drug-likeness (QED) is 0.767. The molecule has 0 amide bonds. The van der Waals surface area contributed by atoms with Crippen molar-refractivity contribution in [3.8, 4) is 11.5 Å². The summed E-state index contributed by atoms with van der Waals surface area (Å²) in [5.74, 6) is 0.0245. The van der Waals surface area contributed by atoms with Gasteiger partial charge < -0.3 is 14.6 Å². The lowest BCUT2D eigenvalue weighted by molar-refractivity contribution is -0.131. The van der Waals surface area contributed by atoms with Gasteiger partial charge in [-0.15, -0.1) is 0 Å². The highest BCUT2D eigenvalue weighted by molar-refractivity contribution is 6.35. The van der Waals surface area contributed by atoms with Crippen molar-refractivity contribution in [2.24, 2.45) is 0 Å². The average molecular weight is 353 g/mol. The molecule has 0 saturated carbocycles. The fraction of sp³-hybridized carbons (Fsp3) is 0.118. The first-order valence-corrected chi connectivity index (χ1v) is 7.41. The first-order valence-electron chi connectivity index (χ1n) is 6.66. The highest BCUT2D eigenvalue weighted by Crippen LogP contribution is 2.30. The van der Waals surface area contributed by atoms with Gasteiger partial charge in [-0.1, -0.05) is 29.3 Å². The Hall–Kier alpha value is -2.17. The van der Waals surface area contributed by atoms with Gasteiger partial charge in [-0.2, -0.15) is 0 Å². The van der Waals surface area contributed by atoms with E-state index in [1.807, 2.05) is 0 Å². The molecule has 0 fully saturated rings. The normalized spacial score (nSPS) is 10.7. The van der Waals surface area contributed by atoms with Gasteiger partial charge in [-0.25, -0.2) is 4.79 Å². The number of carboxylic acids is 1. The summed E-state index contributed by atoms with van der Waals surface area (Å²) in [7, 11) is 1.54. The molecule has 0 heterocycles. The Labute approximate surface area is 143 Å². The summed E-state index contributed by atoms with van der Waals surface area (Å²) in [4.78, 5) is 10.7. The predicted molar refractivity (Wildman–Crippen MR) is 90.5 cm³/mol. The number of carboxylic acid groups (broad SMARTS) is 1. The first-order chi connectivity index (χ1) is 11.0. The number of rotatable bonds is 6. The van der Waals surface area contributed by atoms with E-state index >= 15 is 0 Å². The molecule has 2 aromatic rings. The van der Waals surface area contributed by atoms with Crippen LogP contribution >= 0.6 is 23.2 Å². The molecule has 4 nitrogen and oxygen atoms in total. The van der Waals surface area contributed by atoms with Gasteiger partial charge in [0.15, 0.2) is 0 Å². The van der Waals surface area contributed by atoms with Crippen LogP contribution in [-0.2, 0) is 11.4 Å². The molecule has 120 valence electrons. The predicted octanol–water partition coefficient (Wildman–Crippen LogP) is 4.68. The second-order valence-electron chi connectivity index (χ2n) is 4.56. The summed E-state index contributed by atoms with van der Waals surface area (Å²) < 4.78 is 10.9. The topological polar surface area (TPSA) is 55.8 Å². The molecule has 0 aromatic heterocycles. The van der Waals surface area contributed by atoms with Crippen LogP contribution in [0.4, 0.5) is 0 Å². The Morgan fingerprint density at radius 2 is 1.91 bits per heavy atom. The molecule has 6 heteroatoms. The molecule has 2 rings (SSSR count). The first kappa shape index (κ1) is 17.2. The van der Waals surface area contributed by atoms with Crippen molar-refractivity contribution in [1.82, 2.24) is 0 Å². The zero-order chi connectivity index (χ0) is 16.8. The van der Waals surface area contributed by atoms with Gasteiger partial charge in [0.05, 0.1) is 7.11 Å². The molecule has 1 N–H and O–H groups in total. The highest BCUT2D eigenvalue weighted by atomic mass is 35.5. The Bertz CT molecular complexity index is 721. The fourth-order valence-corrected chi connectivity index (χ4v) is 2.39. The summed E-state index contributed by atoms with van der Waals surface area (Å²) in [5.41, 5.74) is 1.27. The van der Waals surface area contributed by atoms with Crippen LogP contribution in [0.25, 0.3) is 6.08 Å². The van der Waals surface area contributed by atoms with Crippen LogP contribution in [0.1, 0.15) is 11.1 Å². The van der Waals surface area contributed by atoms with Gasteiger partial charge in [0.2, 0.25) is 0 Å². The highest BCUT2D eigenvalue weighted by Gasteiger charge is 2.09. The molecule has 0 saturated heterocycles. The largest absolute Gasteiger partial charge is 0.497 e. The van der Waals surface area contributed by atoms with Crippen LogP contribution in [0, 0.1) is 0 Å². The van der Waals surface area contributed by atoms with E-state index in [1.165, 1.54) is 13.2 Å². The van der Waals surface area contributed by atoms with E-state index in [4.69, 9.17) is 37.8 Å². The van der Waals surface area contributed by atoms with Crippen LogP contribution in [0.3, 0.4) is 0 Å². The second kappa shape index (κ2) is 7.90. The van der Waals surface area contributed by atoms with Crippen LogP contribution in [0.15, 0.2) is 42.5 Å². The van der Waals surface area contributed by atoms with Crippen LogP contribution in [0.5, 0.6) is 11.5 Å². The van der Waals surface area contributed by atoms with E-state index in [1.54, 1.807) is 36.4 Å². The fourth-order valence-electron chi connectivity index (χ4n) is 1.89. The average Bonchev–Trinajstić information content (AvgIpc) is 2.52. The SMILES string of the molecule is COc1ccc(C=CC(=O)O)c(OCc2c(Cl)cccc2Cl)c1. The maximum absolute atomic E-state index is 10.7. The van der Waals surface area contributed by atoms with E-state index < -0.39 is 5.97 Å². The van der Waals surface area contributed by atoms with Gasteiger partial charge in [0, 0.05) is 33.3 Å². The Kier molecular flexibility index (Phi) is 5.90. The molecule has 2 aromatic carbocycles. The second-order valence-corrected chi connectivity index (χ2v) is 5.38. The number of hydrogen-bond acceptors (Lipinski definition) is 3.